The Morgan fingerprint density at radius 3 is 2.73 bits per heavy atom. The van der Waals surface area contributed by atoms with Crippen LogP contribution in [-0.4, -0.2) is 28.4 Å². The molecule has 1 amide bonds. The van der Waals surface area contributed by atoms with E-state index in [0.29, 0.717) is 19.5 Å². The summed E-state index contributed by atoms with van der Waals surface area (Å²) < 4.78 is 0. The van der Waals surface area contributed by atoms with Gasteiger partial charge in [0, 0.05) is 22.8 Å². The SMILES string of the molecule is Cc1ccc(CC(=O)N2CCc3ccc(C(=O)O)cc3C2)s1. The second-order valence-corrected chi connectivity index (χ2v) is 6.92. The molecular weight excluding hydrogens is 298 g/mol. The molecule has 5 heteroatoms. The van der Waals surface area contributed by atoms with Crippen LogP contribution in [0.15, 0.2) is 30.3 Å². The van der Waals surface area contributed by atoms with E-state index >= 15 is 0 Å². The van der Waals surface area contributed by atoms with Crippen LogP contribution in [0, 0.1) is 6.92 Å². The van der Waals surface area contributed by atoms with Crippen molar-refractivity contribution in [3.63, 3.8) is 0 Å². The van der Waals surface area contributed by atoms with Crippen LogP contribution in [0.2, 0.25) is 0 Å². The number of hydrogen-bond donors (Lipinski definition) is 1. The van der Waals surface area contributed by atoms with Crippen molar-refractivity contribution < 1.29 is 14.7 Å². The number of fused-ring (bicyclic) bond motifs is 1. The highest BCUT2D eigenvalue weighted by molar-refractivity contribution is 7.12. The molecule has 0 radical (unpaired) electrons. The number of aromatic carboxylic acids is 1. The monoisotopic (exact) mass is 315 g/mol. The lowest BCUT2D eigenvalue weighted by Crippen LogP contribution is -2.36. The summed E-state index contributed by atoms with van der Waals surface area (Å²) in [5, 5.41) is 9.08. The Morgan fingerprint density at radius 1 is 1.23 bits per heavy atom. The Bertz CT molecular complexity index is 735. The van der Waals surface area contributed by atoms with Gasteiger partial charge in [-0.25, -0.2) is 4.79 Å². The summed E-state index contributed by atoms with van der Waals surface area (Å²) in [6.07, 6.45) is 1.21. The third-order valence-electron chi connectivity index (χ3n) is 3.94. The number of carbonyl (C=O) groups excluding carboxylic acids is 1. The number of thiophene rings is 1. The zero-order valence-electron chi connectivity index (χ0n) is 12.3. The molecule has 4 nitrogen and oxygen atoms in total. The predicted molar refractivity (Wildman–Crippen MR) is 85.3 cm³/mol. The van der Waals surface area contributed by atoms with Gasteiger partial charge in [0.25, 0.3) is 0 Å². The molecule has 1 aliphatic rings. The standard InChI is InChI=1S/C17H17NO3S/c1-11-2-5-15(22-11)9-16(19)18-7-6-12-3-4-13(17(20)21)8-14(12)10-18/h2-5,8H,6-7,9-10H2,1H3,(H,20,21). The van der Waals surface area contributed by atoms with Crippen molar-refractivity contribution in [1.82, 2.24) is 4.90 Å². The Kier molecular flexibility index (Phi) is 3.98. The van der Waals surface area contributed by atoms with E-state index in [2.05, 4.69) is 0 Å². The molecule has 114 valence electrons. The molecule has 0 saturated carbocycles. The highest BCUT2D eigenvalue weighted by Gasteiger charge is 2.22. The minimum absolute atomic E-state index is 0.105. The van der Waals surface area contributed by atoms with E-state index in [1.165, 1.54) is 4.88 Å². The molecule has 1 aromatic carbocycles. The van der Waals surface area contributed by atoms with Crippen molar-refractivity contribution in [2.24, 2.45) is 0 Å². The molecule has 0 unspecified atom stereocenters. The molecule has 2 aromatic rings. The second-order valence-electron chi connectivity index (χ2n) is 5.54. The molecule has 1 aliphatic heterocycles. The van der Waals surface area contributed by atoms with Gasteiger partial charge in [-0.3, -0.25) is 4.79 Å². The molecule has 0 atom stereocenters. The van der Waals surface area contributed by atoms with Crippen LogP contribution in [0.3, 0.4) is 0 Å². The van der Waals surface area contributed by atoms with Gasteiger partial charge < -0.3 is 10.0 Å². The molecule has 0 spiro atoms. The zero-order chi connectivity index (χ0) is 15.7. The largest absolute Gasteiger partial charge is 0.478 e. The number of carbonyl (C=O) groups is 2. The lowest BCUT2D eigenvalue weighted by atomic mass is 9.97. The average Bonchev–Trinajstić information content (AvgIpc) is 2.91. The lowest BCUT2D eigenvalue weighted by Gasteiger charge is -2.29. The van der Waals surface area contributed by atoms with Gasteiger partial charge in [0.05, 0.1) is 12.0 Å². The molecule has 1 aromatic heterocycles. The Balaban J connectivity index is 1.74. The van der Waals surface area contributed by atoms with Gasteiger partial charge in [-0.05, 0) is 48.7 Å². The van der Waals surface area contributed by atoms with Crippen molar-refractivity contribution in [3.05, 3.63) is 56.8 Å². The van der Waals surface area contributed by atoms with Gasteiger partial charge in [-0.15, -0.1) is 11.3 Å². The van der Waals surface area contributed by atoms with E-state index in [1.807, 2.05) is 30.0 Å². The summed E-state index contributed by atoms with van der Waals surface area (Å²) in [7, 11) is 0. The van der Waals surface area contributed by atoms with Gasteiger partial charge >= 0.3 is 5.97 Å². The van der Waals surface area contributed by atoms with Gasteiger partial charge in [0.15, 0.2) is 0 Å². The Morgan fingerprint density at radius 2 is 2.05 bits per heavy atom. The van der Waals surface area contributed by atoms with Gasteiger partial charge in [-0.1, -0.05) is 6.07 Å². The third-order valence-corrected chi connectivity index (χ3v) is 4.94. The molecule has 0 bridgehead atoms. The molecule has 3 rings (SSSR count). The maximum absolute atomic E-state index is 12.4. The third kappa shape index (κ3) is 3.04. The average molecular weight is 315 g/mol. The highest BCUT2D eigenvalue weighted by atomic mass is 32.1. The molecule has 22 heavy (non-hydrogen) atoms. The Hall–Kier alpha value is -2.14. The summed E-state index contributed by atoms with van der Waals surface area (Å²) in [5.74, 6) is -0.825. The summed E-state index contributed by atoms with van der Waals surface area (Å²) in [5.41, 5.74) is 2.37. The number of nitrogens with zero attached hydrogens (tertiary/aromatic N) is 1. The summed E-state index contributed by atoms with van der Waals surface area (Å²) in [4.78, 5) is 27.6. The van der Waals surface area contributed by atoms with Crippen LogP contribution in [0.25, 0.3) is 0 Å². The zero-order valence-corrected chi connectivity index (χ0v) is 13.2. The number of rotatable bonds is 3. The normalized spacial score (nSPS) is 13.8. The fraction of sp³-hybridized carbons (Fsp3) is 0.294. The number of carboxylic acids is 1. The first kappa shape index (κ1) is 14.8. The quantitative estimate of drug-likeness (QED) is 0.947. The number of amides is 1. The first-order valence-electron chi connectivity index (χ1n) is 7.21. The minimum Gasteiger partial charge on any atom is -0.478 e. The fourth-order valence-electron chi connectivity index (χ4n) is 2.74. The molecule has 0 fully saturated rings. The number of aryl methyl sites for hydroxylation is 1. The van der Waals surface area contributed by atoms with Crippen LogP contribution in [0.4, 0.5) is 0 Å². The fourth-order valence-corrected chi connectivity index (χ4v) is 3.63. The van der Waals surface area contributed by atoms with Gasteiger partial charge in [-0.2, -0.15) is 0 Å². The minimum atomic E-state index is -0.930. The maximum atomic E-state index is 12.4. The van der Waals surface area contributed by atoms with Crippen LogP contribution in [-0.2, 0) is 24.2 Å². The van der Waals surface area contributed by atoms with Crippen LogP contribution in [0.1, 0.15) is 31.2 Å². The van der Waals surface area contributed by atoms with Crippen LogP contribution < -0.4 is 0 Å². The van der Waals surface area contributed by atoms with Crippen LogP contribution >= 0.6 is 11.3 Å². The van der Waals surface area contributed by atoms with Crippen molar-refractivity contribution in [2.75, 3.05) is 6.54 Å². The highest BCUT2D eigenvalue weighted by Crippen LogP contribution is 2.22. The molecule has 1 N–H and O–H groups in total. The summed E-state index contributed by atoms with van der Waals surface area (Å²) in [6.45, 7) is 3.23. The lowest BCUT2D eigenvalue weighted by molar-refractivity contribution is -0.131. The van der Waals surface area contributed by atoms with Crippen molar-refractivity contribution >= 4 is 23.2 Å². The topological polar surface area (TPSA) is 57.6 Å². The van der Waals surface area contributed by atoms with Gasteiger partial charge in [0.2, 0.25) is 5.91 Å². The number of benzene rings is 1. The summed E-state index contributed by atoms with van der Waals surface area (Å²) >= 11 is 1.65. The van der Waals surface area contributed by atoms with E-state index in [-0.39, 0.29) is 11.5 Å². The van der Waals surface area contributed by atoms with Crippen molar-refractivity contribution in [2.45, 2.75) is 26.3 Å². The number of hydrogen-bond acceptors (Lipinski definition) is 3. The molecular formula is C17H17NO3S. The van der Waals surface area contributed by atoms with Crippen LogP contribution in [0.5, 0.6) is 0 Å². The van der Waals surface area contributed by atoms with Crippen molar-refractivity contribution in [1.29, 1.82) is 0 Å². The predicted octanol–water partition coefficient (Wildman–Crippen LogP) is 2.88. The Labute approximate surface area is 133 Å². The van der Waals surface area contributed by atoms with E-state index in [0.717, 1.165) is 22.4 Å². The van der Waals surface area contributed by atoms with E-state index < -0.39 is 5.97 Å². The maximum Gasteiger partial charge on any atom is 0.335 e. The molecule has 0 saturated heterocycles. The van der Waals surface area contributed by atoms with Gasteiger partial charge in [0.1, 0.15) is 0 Å². The van der Waals surface area contributed by atoms with E-state index in [4.69, 9.17) is 5.11 Å². The van der Waals surface area contributed by atoms with E-state index in [9.17, 15) is 9.59 Å². The van der Waals surface area contributed by atoms with E-state index in [1.54, 1.807) is 23.5 Å². The number of carboxylic acid groups (broad SMARTS) is 1. The van der Waals surface area contributed by atoms with Crippen molar-refractivity contribution in [3.8, 4) is 0 Å². The first-order valence-corrected chi connectivity index (χ1v) is 8.03. The second kappa shape index (κ2) is 5.93. The first-order chi connectivity index (χ1) is 10.5. The molecule has 0 aliphatic carbocycles. The summed E-state index contributed by atoms with van der Waals surface area (Å²) in [6, 6.07) is 9.21. The smallest absolute Gasteiger partial charge is 0.335 e. The molecule has 2 heterocycles.